The first-order valence-corrected chi connectivity index (χ1v) is 7.67. The van der Waals surface area contributed by atoms with Gasteiger partial charge < -0.3 is 10.0 Å². The van der Waals surface area contributed by atoms with Gasteiger partial charge in [0.25, 0.3) is 0 Å². The van der Waals surface area contributed by atoms with Crippen LogP contribution in [-0.2, 0) is 6.42 Å². The molecule has 3 atom stereocenters. The topological polar surface area (TPSA) is 39.6 Å². The standard InChI is InChI=1S/C16H25N3O/c1-18-9-4-10-19(2)14(11-18)16(20)13-7-6-12-5-3-8-17-15(12)13/h3,5,8,13-14,16,20H,4,6-7,9-11H2,1-2H3. The summed E-state index contributed by atoms with van der Waals surface area (Å²) >= 11 is 0. The van der Waals surface area contributed by atoms with Gasteiger partial charge in [-0.3, -0.25) is 9.88 Å². The van der Waals surface area contributed by atoms with Gasteiger partial charge in [-0.1, -0.05) is 6.07 Å². The van der Waals surface area contributed by atoms with Gasteiger partial charge in [0.1, 0.15) is 0 Å². The maximum absolute atomic E-state index is 10.9. The van der Waals surface area contributed by atoms with Gasteiger partial charge in [0.2, 0.25) is 0 Å². The molecule has 2 aliphatic rings. The number of nitrogens with zero attached hydrogens (tertiary/aromatic N) is 3. The minimum atomic E-state index is -0.323. The summed E-state index contributed by atoms with van der Waals surface area (Å²) in [7, 11) is 4.29. The smallest absolute Gasteiger partial charge is 0.0791 e. The molecule has 3 unspecified atom stereocenters. The molecule has 0 saturated carbocycles. The van der Waals surface area contributed by atoms with E-state index >= 15 is 0 Å². The van der Waals surface area contributed by atoms with Crippen LogP contribution in [0.5, 0.6) is 0 Å². The summed E-state index contributed by atoms with van der Waals surface area (Å²) in [6, 6.07) is 4.36. The minimum Gasteiger partial charge on any atom is -0.391 e. The number of likely N-dealkylation sites (N-methyl/N-ethyl adjacent to an activating group) is 2. The second-order valence-electron chi connectivity index (χ2n) is 6.35. The number of aliphatic hydroxyl groups is 1. The van der Waals surface area contributed by atoms with E-state index in [9.17, 15) is 5.11 Å². The molecule has 1 aliphatic carbocycles. The maximum atomic E-state index is 10.9. The van der Waals surface area contributed by atoms with Crippen LogP contribution in [0.25, 0.3) is 0 Å². The van der Waals surface area contributed by atoms with E-state index in [1.807, 2.05) is 12.3 Å². The van der Waals surface area contributed by atoms with Crippen LogP contribution in [0.15, 0.2) is 18.3 Å². The number of hydrogen-bond acceptors (Lipinski definition) is 4. The van der Waals surface area contributed by atoms with Crippen molar-refractivity contribution in [2.75, 3.05) is 33.7 Å². The van der Waals surface area contributed by atoms with E-state index in [4.69, 9.17) is 0 Å². The molecular formula is C16H25N3O. The molecule has 1 saturated heterocycles. The van der Waals surface area contributed by atoms with Crippen LogP contribution in [0.3, 0.4) is 0 Å². The Kier molecular flexibility index (Phi) is 4.06. The predicted molar refractivity (Wildman–Crippen MR) is 79.8 cm³/mol. The Morgan fingerprint density at radius 3 is 3.05 bits per heavy atom. The Morgan fingerprint density at radius 1 is 1.35 bits per heavy atom. The monoisotopic (exact) mass is 275 g/mol. The summed E-state index contributed by atoms with van der Waals surface area (Å²) < 4.78 is 0. The molecule has 0 spiro atoms. The number of aromatic nitrogens is 1. The quantitative estimate of drug-likeness (QED) is 0.877. The molecule has 1 aromatic heterocycles. The third kappa shape index (κ3) is 2.60. The Balaban J connectivity index is 1.80. The van der Waals surface area contributed by atoms with E-state index in [0.29, 0.717) is 0 Å². The number of aryl methyl sites for hydroxylation is 1. The van der Waals surface area contributed by atoms with Crippen LogP contribution >= 0.6 is 0 Å². The van der Waals surface area contributed by atoms with Crippen molar-refractivity contribution in [2.24, 2.45) is 0 Å². The number of pyridine rings is 1. The molecule has 1 fully saturated rings. The first-order chi connectivity index (χ1) is 9.66. The van der Waals surface area contributed by atoms with Crippen molar-refractivity contribution in [3.63, 3.8) is 0 Å². The van der Waals surface area contributed by atoms with Crippen molar-refractivity contribution in [1.29, 1.82) is 0 Å². The molecule has 20 heavy (non-hydrogen) atoms. The Labute approximate surface area is 121 Å². The molecule has 2 heterocycles. The molecule has 4 heteroatoms. The number of hydrogen-bond donors (Lipinski definition) is 1. The zero-order valence-corrected chi connectivity index (χ0v) is 12.5. The molecule has 1 aromatic rings. The molecule has 4 nitrogen and oxygen atoms in total. The van der Waals surface area contributed by atoms with Crippen molar-refractivity contribution >= 4 is 0 Å². The molecule has 110 valence electrons. The normalized spacial score (nSPS) is 29.9. The highest BCUT2D eigenvalue weighted by atomic mass is 16.3. The summed E-state index contributed by atoms with van der Waals surface area (Å²) in [5.41, 5.74) is 2.45. The van der Waals surface area contributed by atoms with Crippen molar-refractivity contribution < 1.29 is 5.11 Å². The van der Waals surface area contributed by atoms with Crippen LogP contribution in [0.2, 0.25) is 0 Å². The Bertz CT molecular complexity index is 465. The molecule has 0 aromatic carbocycles. The van der Waals surface area contributed by atoms with Crippen molar-refractivity contribution in [2.45, 2.75) is 37.3 Å². The Morgan fingerprint density at radius 2 is 2.20 bits per heavy atom. The van der Waals surface area contributed by atoms with Gasteiger partial charge in [-0.15, -0.1) is 0 Å². The average molecular weight is 275 g/mol. The van der Waals surface area contributed by atoms with Gasteiger partial charge in [-0.05, 0) is 58.1 Å². The molecule has 3 rings (SSSR count). The van der Waals surface area contributed by atoms with Crippen LogP contribution < -0.4 is 0 Å². The lowest BCUT2D eigenvalue weighted by atomic mass is 9.92. The van der Waals surface area contributed by atoms with Crippen molar-refractivity contribution in [3.8, 4) is 0 Å². The summed E-state index contributed by atoms with van der Waals surface area (Å²) in [4.78, 5) is 9.20. The molecular weight excluding hydrogens is 250 g/mol. The summed E-state index contributed by atoms with van der Waals surface area (Å²) in [5.74, 6) is 0.199. The third-order valence-electron chi connectivity index (χ3n) is 4.92. The Hall–Kier alpha value is -0.970. The number of rotatable bonds is 2. The van der Waals surface area contributed by atoms with E-state index in [2.05, 4.69) is 34.9 Å². The van der Waals surface area contributed by atoms with Crippen LogP contribution in [0, 0.1) is 0 Å². The second kappa shape index (κ2) is 5.80. The molecule has 0 amide bonds. The van der Waals surface area contributed by atoms with E-state index in [0.717, 1.165) is 38.2 Å². The average Bonchev–Trinajstić information content (AvgIpc) is 2.80. The second-order valence-corrected chi connectivity index (χ2v) is 6.35. The molecule has 1 N–H and O–H groups in total. The maximum Gasteiger partial charge on any atom is 0.0791 e. The SMILES string of the molecule is CN1CCCN(C)C(C(O)C2CCc3cccnc32)C1. The van der Waals surface area contributed by atoms with Crippen LogP contribution in [0.1, 0.15) is 30.0 Å². The summed E-state index contributed by atoms with van der Waals surface area (Å²) in [5, 5.41) is 10.9. The highest BCUT2D eigenvalue weighted by Crippen LogP contribution is 2.35. The fourth-order valence-electron chi connectivity index (χ4n) is 3.72. The fraction of sp³-hybridized carbons (Fsp3) is 0.688. The highest BCUT2D eigenvalue weighted by molar-refractivity contribution is 5.30. The fourth-order valence-corrected chi connectivity index (χ4v) is 3.72. The zero-order valence-electron chi connectivity index (χ0n) is 12.5. The first kappa shape index (κ1) is 14.0. The lowest BCUT2D eigenvalue weighted by Gasteiger charge is -2.34. The van der Waals surface area contributed by atoms with Crippen molar-refractivity contribution in [1.82, 2.24) is 14.8 Å². The van der Waals surface area contributed by atoms with Crippen LogP contribution in [0.4, 0.5) is 0 Å². The van der Waals surface area contributed by atoms with E-state index in [-0.39, 0.29) is 18.1 Å². The molecule has 1 aliphatic heterocycles. The summed E-state index contributed by atoms with van der Waals surface area (Å²) in [6.07, 6.45) is 4.79. The van der Waals surface area contributed by atoms with Gasteiger partial charge in [-0.25, -0.2) is 0 Å². The molecule has 0 bridgehead atoms. The van der Waals surface area contributed by atoms with Crippen molar-refractivity contribution in [3.05, 3.63) is 29.6 Å². The van der Waals surface area contributed by atoms with E-state index in [1.165, 1.54) is 12.0 Å². The lowest BCUT2D eigenvalue weighted by Crippen LogP contribution is -2.48. The molecule has 0 radical (unpaired) electrons. The predicted octanol–water partition coefficient (Wildman–Crippen LogP) is 1.11. The number of fused-ring (bicyclic) bond motifs is 1. The number of aliphatic hydroxyl groups excluding tert-OH is 1. The minimum absolute atomic E-state index is 0.199. The zero-order chi connectivity index (χ0) is 14.1. The van der Waals surface area contributed by atoms with Gasteiger partial charge in [0.05, 0.1) is 6.10 Å². The third-order valence-corrected chi connectivity index (χ3v) is 4.92. The van der Waals surface area contributed by atoms with Gasteiger partial charge in [0, 0.05) is 30.4 Å². The highest BCUT2D eigenvalue weighted by Gasteiger charge is 2.37. The largest absolute Gasteiger partial charge is 0.391 e. The first-order valence-electron chi connectivity index (χ1n) is 7.67. The van der Waals surface area contributed by atoms with Gasteiger partial charge >= 0.3 is 0 Å². The van der Waals surface area contributed by atoms with Gasteiger partial charge in [-0.2, -0.15) is 0 Å². The van der Waals surface area contributed by atoms with E-state index in [1.54, 1.807) is 0 Å². The summed E-state index contributed by atoms with van der Waals surface area (Å²) in [6.45, 7) is 3.12. The van der Waals surface area contributed by atoms with E-state index < -0.39 is 0 Å². The van der Waals surface area contributed by atoms with Gasteiger partial charge in [0.15, 0.2) is 0 Å². The lowest BCUT2D eigenvalue weighted by molar-refractivity contribution is 0.0377. The van der Waals surface area contributed by atoms with Crippen LogP contribution in [-0.4, -0.2) is 65.8 Å².